The Hall–Kier alpha value is -7.20. The maximum atomic E-state index is 10.2. The number of hydrogen-bond donors (Lipinski definition) is 0. The lowest BCUT2D eigenvalue weighted by Gasteiger charge is -2.14. The van der Waals surface area contributed by atoms with E-state index in [1.165, 1.54) is 27.3 Å². The molecular formula is C54H34N2S. The molecule has 9 aromatic carbocycles. The number of benzene rings is 9. The monoisotopic (exact) mass is 764 g/mol. The van der Waals surface area contributed by atoms with Crippen molar-refractivity contribution in [1.29, 1.82) is 0 Å². The highest BCUT2D eigenvalue weighted by Crippen LogP contribution is 2.44. The van der Waals surface area contributed by atoms with Crippen molar-refractivity contribution in [2.75, 3.05) is 0 Å². The lowest BCUT2D eigenvalue weighted by molar-refractivity contribution is 1.18. The van der Waals surface area contributed by atoms with Crippen LogP contribution in [-0.4, -0.2) is 9.13 Å². The normalized spacial score (nSPS) is 17.3. The molecule has 0 atom stereocenters. The van der Waals surface area contributed by atoms with Gasteiger partial charge in [0.25, 0.3) is 0 Å². The molecule has 266 valence electrons. The van der Waals surface area contributed by atoms with Gasteiger partial charge in [-0.3, -0.25) is 0 Å². The van der Waals surface area contributed by atoms with E-state index in [4.69, 9.17) is 16.4 Å². The van der Waals surface area contributed by atoms with Gasteiger partial charge in [-0.15, -0.1) is 11.3 Å². The number of para-hydroxylation sites is 3. The fourth-order valence-electron chi connectivity index (χ4n) is 7.64. The smallest absolute Gasteiger partial charge is 0.0645 e. The summed E-state index contributed by atoms with van der Waals surface area (Å²) in [5.74, 6) is 0. The molecule has 3 aromatic heterocycles. The summed E-state index contributed by atoms with van der Waals surface area (Å²) < 4.78 is 203. The van der Waals surface area contributed by atoms with E-state index in [2.05, 4.69) is 0 Å². The first-order chi connectivity index (χ1) is 37.4. The molecule has 0 aliphatic heterocycles. The van der Waals surface area contributed by atoms with Gasteiger partial charge in [0.05, 0.1) is 52.2 Å². The topological polar surface area (TPSA) is 9.86 Å². The third kappa shape index (κ3) is 4.96. The molecule has 12 rings (SSSR count). The Bertz CT molecular complexity index is 4780. The van der Waals surface area contributed by atoms with Crippen molar-refractivity contribution in [3.63, 3.8) is 0 Å². The molecule has 0 N–H and O–H groups in total. The van der Waals surface area contributed by atoms with Crippen molar-refractivity contribution in [1.82, 2.24) is 9.13 Å². The van der Waals surface area contributed by atoms with E-state index < -0.39 is 132 Å². The number of hydrogen-bond acceptors (Lipinski definition) is 1. The summed E-state index contributed by atoms with van der Waals surface area (Å²) >= 11 is 0.871. The largest absolute Gasteiger partial charge is 0.309 e. The molecule has 12 aromatic rings. The standard InChI is InChI=1S/C54H34N2S/c1-3-14-35(15-4-1)37-18-11-19-39(32-37)56-50-27-10-7-20-43(50)46-24-12-22-41(53(46)56)38-28-31-51-48(33-38)44-21-8-9-26-49(44)55(51)40-29-30-45-47-25-13-23-42(36-16-5-2-6-17-36)54(47)57-52(45)34-40/h1-34H/i2D,5D,6D,7D,8D,9D,10D,12D,13D,16D,17D,20D,21D,23D,24D,25D,26D,27D,28D,30D,31D,33D. The van der Waals surface area contributed by atoms with Crippen LogP contribution in [0.2, 0.25) is 0 Å². The van der Waals surface area contributed by atoms with Gasteiger partial charge in [-0.1, -0.05) is 157 Å². The maximum absolute atomic E-state index is 10.2. The van der Waals surface area contributed by atoms with E-state index in [0.29, 0.717) is 11.3 Å². The van der Waals surface area contributed by atoms with Gasteiger partial charge in [-0.25, -0.2) is 0 Å². The Morgan fingerprint density at radius 2 is 1.09 bits per heavy atom. The summed E-state index contributed by atoms with van der Waals surface area (Å²) in [6.45, 7) is 0. The molecular weight excluding hydrogens is 709 g/mol. The summed E-state index contributed by atoms with van der Waals surface area (Å²) in [4.78, 5) is 0. The van der Waals surface area contributed by atoms with Crippen LogP contribution in [0.5, 0.6) is 0 Å². The molecule has 0 saturated carbocycles. The van der Waals surface area contributed by atoms with Crippen molar-refractivity contribution in [3.05, 3.63) is 206 Å². The van der Waals surface area contributed by atoms with Crippen LogP contribution < -0.4 is 0 Å². The average Bonchev–Trinajstić information content (AvgIpc) is 3.08. The Morgan fingerprint density at radius 1 is 0.386 bits per heavy atom. The summed E-state index contributed by atoms with van der Waals surface area (Å²) in [7, 11) is 0. The highest BCUT2D eigenvalue weighted by atomic mass is 32.1. The zero-order chi connectivity index (χ0) is 56.6. The van der Waals surface area contributed by atoms with Gasteiger partial charge in [0.2, 0.25) is 0 Å². The first-order valence-corrected chi connectivity index (χ1v) is 18.5. The highest BCUT2D eigenvalue weighted by Gasteiger charge is 2.20. The summed E-state index contributed by atoms with van der Waals surface area (Å²) in [5, 5.41) is -0.747. The lowest BCUT2D eigenvalue weighted by Crippen LogP contribution is -1.96. The number of nitrogens with zero attached hydrogens (tertiary/aromatic N) is 2. The van der Waals surface area contributed by atoms with E-state index >= 15 is 0 Å². The van der Waals surface area contributed by atoms with Crippen LogP contribution >= 0.6 is 11.3 Å². The number of rotatable bonds is 5. The van der Waals surface area contributed by atoms with Crippen LogP contribution in [0.3, 0.4) is 0 Å². The van der Waals surface area contributed by atoms with Gasteiger partial charge < -0.3 is 9.13 Å². The van der Waals surface area contributed by atoms with Gasteiger partial charge in [-0.05, 0) is 76.3 Å². The molecule has 57 heavy (non-hydrogen) atoms. The molecule has 0 radical (unpaired) electrons. The Balaban J connectivity index is 1.22. The minimum Gasteiger partial charge on any atom is -0.309 e. The van der Waals surface area contributed by atoms with Crippen LogP contribution in [0.1, 0.15) is 30.2 Å². The Morgan fingerprint density at radius 3 is 1.95 bits per heavy atom. The molecule has 0 aliphatic rings. The van der Waals surface area contributed by atoms with Crippen molar-refractivity contribution in [2.24, 2.45) is 0 Å². The minimum atomic E-state index is -0.711. The lowest BCUT2D eigenvalue weighted by atomic mass is 9.99. The van der Waals surface area contributed by atoms with Gasteiger partial charge in [0, 0.05) is 58.7 Å². The number of fused-ring (bicyclic) bond motifs is 9. The first-order valence-electron chi connectivity index (χ1n) is 28.7. The number of thiophene rings is 1. The van der Waals surface area contributed by atoms with Crippen LogP contribution in [0, 0.1) is 0 Å². The van der Waals surface area contributed by atoms with Crippen LogP contribution in [-0.2, 0) is 0 Å². The minimum absolute atomic E-state index is 0.0166. The third-order valence-electron chi connectivity index (χ3n) is 10.1. The molecule has 0 aliphatic carbocycles. The first kappa shape index (κ1) is 17.3. The SMILES string of the molecule is [2H]c1cc(-c2c([2H])c([2H])c3c(c2[2H])c2c([2H])c([2H])c([2H])c([2H])c2n3-c2cc([2H])c3c(c2)sc2c(-c4c([2H])c([2H])c([2H])c([2H])c4[2H])c([2H])c([2H])c([2H])c23)c2c(c1[2H])c1c([2H])c([2H])c([2H])c([2H])c1n2-c1cccc(-c2ccccc2)c1. The summed E-state index contributed by atoms with van der Waals surface area (Å²) in [6, 6.07) is 7.00. The van der Waals surface area contributed by atoms with Gasteiger partial charge in [0.15, 0.2) is 0 Å². The van der Waals surface area contributed by atoms with E-state index in [9.17, 15) is 13.7 Å². The van der Waals surface area contributed by atoms with Crippen LogP contribution in [0.4, 0.5) is 0 Å². The molecule has 0 fully saturated rings. The predicted molar refractivity (Wildman–Crippen MR) is 244 cm³/mol. The van der Waals surface area contributed by atoms with Gasteiger partial charge in [0.1, 0.15) is 0 Å². The Kier molecular flexibility index (Phi) is 3.85. The fraction of sp³-hybridized carbons (Fsp3) is 0. The van der Waals surface area contributed by atoms with E-state index in [0.717, 1.165) is 16.9 Å². The summed E-state index contributed by atoms with van der Waals surface area (Å²) in [5.41, 5.74) is 0.0285. The van der Waals surface area contributed by atoms with E-state index in [1.54, 1.807) is 18.2 Å². The molecule has 0 unspecified atom stereocenters. The Labute approximate surface area is 364 Å². The molecule has 3 heteroatoms. The zero-order valence-corrected chi connectivity index (χ0v) is 30.0. The van der Waals surface area contributed by atoms with Gasteiger partial charge >= 0.3 is 0 Å². The van der Waals surface area contributed by atoms with Crippen molar-refractivity contribution >= 4 is 75.1 Å². The van der Waals surface area contributed by atoms with Crippen LogP contribution in [0.15, 0.2) is 206 Å². The maximum Gasteiger partial charge on any atom is 0.0645 e. The molecule has 0 bridgehead atoms. The molecule has 2 nitrogen and oxygen atoms in total. The summed E-state index contributed by atoms with van der Waals surface area (Å²) in [6.07, 6.45) is 0. The fourth-order valence-corrected chi connectivity index (χ4v) is 8.81. The van der Waals surface area contributed by atoms with E-state index in [1.807, 2.05) is 36.4 Å². The molecule has 0 saturated heterocycles. The van der Waals surface area contributed by atoms with Crippen LogP contribution in [0.25, 0.3) is 109 Å². The van der Waals surface area contributed by atoms with Crippen molar-refractivity contribution < 1.29 is 30.2 Å². The quantitative estimate of drug-likeness (QED) is 0.165. The third-order valence-corrected chi connectivity index (χ3v) is 11.3. The molecule has 3 heterocycles. The molecule has 0 spiro atoms. The average molecular weight is 765 g/mol. The molecule has 0 amide bonds. The van der Waals surface area contributed by atoms with Gasteiger partial charge in [-0.2, -0.15) is 0 Å². The number of aromatic nitrogens is 2. The van der Waals surface area contributed by atoms with E-state index in [-0.39, 0.29) is 92.2 Å². The second-order valence-electron chi connectivity index (χ2n) is 13.2. The second kappa shape index (κ2) is 12.7. The van der Waals surface area contributed by atoms with Crippen molar-refractivity contribution in [3.8, 4) is 44.8 Å². The second-order valence-corrected chi connectivity index (χ2v) is 14.3. The predicted octanol–water partition coefficient (Wildman–Crippen LogP) is 15.2. The highest BCUT2D eigenvalue weighted by molar-refractivity contribution is 7.26. The van der Waals surface area contributed by atoms with Crippen molar-refractivity contribution in [2.45, 2.75) is 0 Å². The zero-order valence-electron chi connectivity index (χ0n) is 51.2.